The molecular weight excluding hydrogens is 629 g/mol. The van der Waals surface area contributed by atoms with E-state index in [9.17, 15) is 0 Å². The highest BCUT2D eigenvalue weighted by molar-refractivity contribution is 7.26. The number of thiophene rings is 1. The quantitative estimate of drug-likeness (QED) is 0.186. The molecule has 0 aliphatic heterocycles. The third kappa shape index (κ3) is 3.89. The van der Waals surface area contributed by atoms with Gasteiger partial charge in [0.1, 0.15) is 5.65 Å². The lowest BCUT2D eigenvalue weighted by molar-refractivity contribution is 1.14. The molecule has 1 aliphatic carbocycles. The normalized spacial score (nSPS) is 12.0. The maximum atomic E-state index is 4.92. The van der Waals surface area contributed by atoms with Crippen LogP contribution in [0, 0.1) is 0 Å². The van der Waals surface area contributed by atoms with Gasteiger partial charge in [0.05, 0.1) is 16.9 Å². The van der Waals surface area contributed by atoms with Crippen molar-refractivity contribution in [2.75, 3.05) is 0 Å². The van der Waals surface area contributed by atoms with Crippen molar-refractivity contribution in [3.8, 4) is 61.6 Å². The molecule has 232 valence electrons. The van der Waals surface area contributed by atoms with Crippen molar-refractivity contribution >= 4 is 53.4 Å². The minimum absolute atomic E-state index is 0.906. The van der Waals surface area contributed by atoms with Crippen LogP contribution >= 0.6 is 11.3 Å². The second-order valence-corrected chi connectivity index (χ2v) is 13.8. The summed E-state index contributed by atoms with van der Waals surface area (Å²) >= 11 is 1.86. The lowest BCUT2D eigenvalue weighted by atomic mass is 9.83. The first-order chi connectivity index (χ1) is 24.8. The fourth-order valence-corrected chi connectivity index (χ4v) is 9.17. The summed E-state index contributed by atoms with van der Waals surface area (Å²) in [5, 5.41) is 4.89. The Morgan fingerprint density at radius 2 is 1.06 bits per heavy atom. The smallest absolute Gasteiger partial charge is 0.145 e. The van der Waals surface area contributed by atoms with E-state index in [2.05, 4.69) is 126 Å². The fourth-order valence-electron chi connectivity index (χ4n) is 7.96. The molecule has 10 aromatic rings. The van der Waals surface area contributed by atoms with Crippen molar-refractivity contribution in [2.45, 2.75) is 0 Å². The first-order valence-electron chi connectivity index (χ1n) is 16.8. The summed E-state index contributed by atoms with van der Waals surface area (Å²) in [6.07, 6.45) is 5.62. The van der Waals surface area contributed by atoms with E-state index in [1.165, 1.54) is 58.8 Å². The number of para-hydroxylation sites is 1. The SMILES string of the molecule is c1ccc2c(c1)-c1ccc(-c3cccc4c3sc3ccc(-n5c6ccccc6c6cccnc65)cc34)cc1-c1cccnc1-c1ncccc1-2. The summed E-state index contributed by atoms with van der Waals surface area (Å²) < 4.78 is 4.84. The van der Waals surface area contributed by atoms with Crippen molar-refractivity contribution in [2.24, 2.45) is 0 Å². The number of rotatable bonds is 2. The Balaban J connectivity index is 1.13. The van der Waals surface area contributed by atoms with Gasteiger partial charge in [0.2, 0.25) is 0 Å². The predicted molar refractivity (Wildman–Crippen MR) is 208 cm³/mol. The zero-order chi connectivity index (χ0) is 32.8. The number of aromatic nitrogens is 4. The molecule has 0 N–H and O–H groups in total. The first-order valence-corrected chi connectivity index (χ1v) is 17.6. The van der Waals surface area contributed by atoms with Crippen molar-refractivity contribution in [3.63, 3.8) is 0 Å². The monoisotopic (exact) mass is 654 g/mol. The van der Waals surface area contributed by atoms with Crippen LogP contribution in [-0.2, 0) is 0 Å². The van der Waals surface area contributed by atoms with E-state index in [0.29, 0.717) is 0 Å². The molecular formula is C45H26N4S. The average Bonchev–Trinajstić information content (AvgIpc) is 3.73. The maximum absolute atomic E-state index is 4.92. The Bertz CT molecular complexity index is 2950. The van der Waals surface area contributed by atoms with E-state index < -0.39 is 0 Å². The molecule has 0 fully saturated rings. The molecule has 5 heteroatoms. The highest BCUT2D eigenvalue weighted by atomic mass is 32.1. The number of hydrogen-bond acceptors (Lipinski definition) is 4. The van der Waals surface area contributed by atoms with E-state index in [-0.39, 0.29) is 0 Å². The van der Waals surface area contributed by atoms with E-state index in [0.717, 1.165) is 44.9 Å². The molecule has 0 saturated heterocycles. The molecule has 0 unspecified atom stereocenters. The van der Waals surface area contributed by atoms with Gasteiger partial charge in [0.15, 0.2) is 0 Å². The van der Waals surface area contributed by atoms with Gasteiger partial charge in [0.25, 0.3) is 0 Å². The Morgan fingerprint density at radius 3 is 1.92 bits per heavy atom. The summed E-state index contributed by atoms with van der Waals surface area (Å²) in [7, 11) is 0. The van der Waals surface area contributed by atoms with Crippen LogP contribution in [0.3, 0.4) is 0 Å². The van der Waals surface area contributed by atoms with E-state index in [1.807, 2.05) is 48.1 Å². The van der Waals surface area contributed by atoms with Crippen molar-refractivity contribution < 1.29 is 0 Å². The summed E-state index contributed by atoms with van der Waals surface area (Å²) in [4.78, 5) is 14.6. The van der Waals surface area contributed by atoms with Crippen LogP contribution in [-0.4, -0.2) is 19.5 Å². The largest absolute Gasteiger partial charge is 0.294 e. The summed E-state index contributed by atoms with van der Waals surface area (Å²) in [6.45, 7) is 0. The molecule has 5 aromatic carbocycles. The van der Waals surface area contributed by atoms with E-state index in [4.69, 9.17) is 15.0 Å². The van der Waals surface area contributed by atoms with Crippen LogP contribution in [0.15, 0.2) is 158 Å². The first kappa shape index (κ1) is 27.5. The Kier molecular flexibility index (Phi) is 5.80. The van der Waals surface area contributed by atoms with Gasteiger partial charge >= 0.3 is 0 Å². The van der Waals surface area contributed by atoms with E-state index >= 15 is 0 Å². The Morgan fingerprint density at radius 1 is 0.420 bits per heavy atom. The highest BCUT2D eigenvalue weighted by Crippen LogP contribution is 2.48. The summed E-state index contributed by atoms with van der Waals surface area (Å²) in [5.41, 5.74) is 14.4. The molecule has 1 aliphatic rings. The van der Waals surface area contributed by atoms with Crippen LogP contribution in [0.2, 0.25) is 0 Å². The lowest BCUT2D eigenvalue weighted by Gasteiger charge is -2.22. The van der Waals surface area contributed by atoms with Crippen LogP contribution in [0.1, 0.15) is 0 Å². The molecule has 0 saturated carbocycles. The predicted octanol–water partition coefficient (Wildman–Crippen LogP) is 12.0. The van der Waals surface area contributed by atoms with Gasteiger partial charge in [-0.25, -0.2) is 4.98 Å². The Labute approximate surface area is 291 Å². The molecule has 4 nitrogen and oxygen atoms in total. The average molecular weight is 655 g/mol. The van der Waals surface area contributed by atoms with Gasteiger partial charge in [-0.05, 0) is 88.0 Å². The third-order valence-electron chi connectivity index (χ3n) is 10.1. The van der Waals surface area contributed by atoms with Gasteiger partial charge in [-0.15, -0.1) is 11.3 Å². The molecule has 50 heavy (non-hydrogen) atoms. The minimum atomic E-state index is 0.906. The van der Waals surface area contributed by atoms with Crippen molar-refractivity contribution in [1.82, 2.24) is 19.5 Å². The fraction of sp³-hybridized carbons (Fsp3) is 0. The molecule has 0 spiro atoms. The van der Waals surface area contributed by atoms with Gasteiger partial charge < -0.3 is 0 Å². The zero-order valence-electron chi connectivity index (χ0n) is 26.7. The van der Waals surface area contributed by atoms with Gasteiger partial charge in [-0.2, -0.15) is 0 Å². The van der Waals surface area contributed by atoms with Gasteiger partial charge in [-0.1, -0.05) is 84.9 Å². The van der Waals surface area contributed by atoms with Crippen LogP contribution in [0.4, 0.5) is 0 Å². The topological polar surface area (TPSA) is 43.6 Å². The second kappa shape index (κ2) is 10.5. The van der Waals surface area contributed by atoms with Crippen LogP contribution in [0.25, 0.3) is 104 Å². The van der Waals surface area contributed by atoms with Gasteiger partial charge in [-0.3, -0.25) is 14.5 Å². The highest BCUT2D eigenvalue weighted by Gasteiger charge is 2.24. The minimum Gasteiger partial charge on any atom is -0.294 e. The van der Waals surface area contributed by atoms with Crippen LogP contribution in [0.5, 0.6) is 0 Å². The summed E-state index contributed by atoms with van der Waals surface area (Å²) in [6, 6.07) is 50.3. The number of pyridine rings is 3. The molecule has 11 rings (SSSR count). The molecule has 0 radical (unpaired) electrons. The zero-order valence-corrected chi connectivity index (χ0v) is 27.5. The summed E-state index contributed by atoms with van der Waals surface area (Å²) in [5.74, 6) is 0. The number of fused-ring (bicyclic) bond motifs is 14. The maximum Gasteiger partial charge on any atom is 0.145 e. The van der Waals surface area contributed by atoms with Crippen molar-refractivity contribution in [3.05, 3.63) is 158 Å². The lowest BCUT2D eigenvalue weighted by Crippen LogP contribution is -2.00. The number of hydrogen-bond donors (Lipinski definition) is 0. The Hall–Kier alpha value is -6.43. The van der Waals surface area contributed by atoms with E-state index in [1.54, 1.807) is 0 Å². The molecule has 5 heterocycles. The number of benzene rings is 5. The molecule has 0 bridgehead atoms. The number of nitrogens with zero attached hydrogens (tertiary/aromatic N) is 4. The standard InChI is InChI=1S/C45H26N4S/c1-2-10-31-30(9-1)32-20-18-27(25-38(32)35-15-7-23-47-43(35)42-34(31)14-6-22-46-42)29-12-5-13-36-39-26-28(19-21-41(39)50-44(29)36)49-40-17-4-3-11-33(40)37-16-8-24-48-45(37)49/h1-26H. The molecule has 5 aromatic heterocycles. The third-order valence-corrected chi connectivity index (χ3v) is 11.4. The van der Waals surface area contributed by atoms with Crippen LogP contribution < -0.4 is 0 Å². The molecule has 0 amide bonds. The molecule has 0 atom stereocenters. The van der Waals surface area contributed by atoms with Gasteiger partial charge in [0, 0.05) is 66.3 Å². The second-order valence-electron chi connectivity index (χ2n) is 12.8. The van der Waals surface area contributed by atoms with Crippen molar-refractivity contribution in [1.29, 1.82) is 0 Å².